The maximum atomic E-state index is 13.5. The molecule has 0 spiro atoms. The molecule has 3 rings (SSSR count). The van der Waals surface area contributed by atoms with Crippen LogP contribution in [0.1, 0.15) is 48.0 Å². The zero-order chi connectivity index (χ0) is 25.9. The van der Waals surface area contributed by atoms with Gasteiger partial charge in [0.25, 0.3) is 0 Å². The number of benzene rings is 2. The van der Waals surface area contributed by atoms with Crippen molar-refractivity contribution in [1.29, 1.82) is 0 Å². The Bertz CT molecular complexity index is 1120. The Morgan fingerprint density at radius 1 is 0.944 bits per heavy atom. The van der Waals surface area contributed by atoms with Crippen molar-refractivity contribution in [2.24, 2.45) is 0 Å². The monoisotopic (exact) mass is 507 g/mol. The van der Waals surface area contributed by atoms with Gasteiger partial charge in [0.2, 0.25) is 5.91 Å². The number of nitrogens with one attached hydrogen (secondary N) is 1. The van der Waals surface area contributed by atoms with Gasteiger partial charge in [-0.2, -0.15) is 0 Å². The van der Waals surface area contributed by atoms with Crippen molar-refractivity contribution >= 4 is 34.9 Å². The number of rotatable bonds is 11. The lowest BCUT2D eigenvalue weighted by Gasteiger charge is -2.31. The number of nitrogens with zero attached hydrogens (tertiary/aromatic N) is 2. The zero-order valence-corrected chi connectivity index (χ0v) is 21.8. The van der Waals surface area contributed by atoms with Crippen LogP contribution >= 0.6 is 11.3 Å². The molecule has 3 amide bonds. The predicted octanol–water partition coefficient (Wildman–Crippen LogP) is 5.79. The molecule has 0 aliphatic heterocycles. The van der Waals surface area contributed by atoms with Crippen LogP contribution in [0.3, 0.4) is 0 Å². The molecule has 0 radical (unpaired) electrons. The first kappa shape index (κ1) is 26.9. The van der Waals surface area contributed by atoms with Crippen LogP contribution < -0.4 is 5.32 Å². The highest BCUT2D eigenvalue weighted by Crippen LogP contribution is 2.17. The fourth-order valence-corrected chi connectivity index (χ4v) is 4.34. The minimum absolute atomic E-state index is 0.0417. The van der Waals surface area contributed by atoms with Gasteiger partial charge in [0, 0.05) is 23.2 Å². The highest BCUT2D eigenvalue weighted by molar-refractivity contribution is 7.09. The summed E-state index contributed by atoms with van der Waals surface area (Å²) < 4.78 is 5.00. The molecule has 0 bridgehead atoms. The van der Waals surface area contributed by atoms with Gasteiger partial charge in [-0.25, -0.2) is 9.59 Å². The molecule has 0 aliphatic rings. The molecular formula is C28H33N3O4S. The van der Waals surface area contributed by atoms with E-state index >= 15 is 0 Å². The first-order chi connectivity index (χ1) is 17.4. The Kier molecular flexibility index (Phi) is 10.1. The van der Waals surface area contributed by atoms with Crippen LogP contribution in [0, 0.1) is 0 Å². The number of urea groups is 1. The fourth-order valence-electron chi connectivity index (χ4n) is 3.62. The van der Waals surface area contributed by atoms with Crippen molar-refractivity contribution in [2.45, 2.75) is 46.3 Å². The van der Waals surface area contributed by atoms with E-state index in [-0.39, 0.29) is 24.5 Å². The van der Waals surface area contributed by atoms with Crippen LogP contribution in [-0.2, 0) is 22.6 Å². The molecule has 190 valence electrons. The number of hydrogen-bond acceptors (Lipinski definition) is 5. The number of hydrogen-bond donors (Lipinski definition) is 1. The van der Waals surface area contributed by atoms with E-state index in [9.17, 15) is 14.4 Å². The smallest absolute Gasteiger partial charge is 0.338 e. The van der Waals surface area contributed by atoms with Gasteiger partial charge in [0.05, 0.1) is 18.7 Å². The molecule has 3 aromatic rings. The minimum atomic E-state index is -0.411. The maximum absolute atomic E-state index is 13.5. The number of anilines is 1. The standard InChI is InChI=1S/C28H33N3O4S/c1-4-21(3)31(28(34)29-24-15-13-23(14-16-24)27(33)35-5-2)20-26(32)30(19-25-12-9-17-36-25)18-22-10-7-6-8-11-22/h6-17,21H,4-5,18-20H2,1-3H3,(H,29,34). The second kappa shape index (κ2) is 13.4. The van der Waals surface area contributed by atoms with E-state index in [4.69, 9.17) is 4.74 Å². The van der Waals surface area contributed by atoms with Crippen LogP contribution in [0.25, 0.3) is 0 Å². The summed E-state index contributed by atoms with van der Waals surface area (Å²) in [5.74, 6) is -0.535. The third-order valence-electron chi connectivity index (χ3n) is 5.83. The van der Waals surface area contributed by atoms with Crippen LogP contribution in [-0.4, -0.2) is 46.9 Å². The molecule has 1 N–H and O–H groups in total. The molecule has 1 unspecified atom stereocenters. The summed E-state index contributed by atoms with van der Waals surface area (Å²) in [5.41, 5.74) is 1.98. The number of thiophene rings is 1. The van der Waals surface area contributed by atoms with Gasteiger partial charge in [0.1, 0.15) is 6.54 Å². The molecule has 1 heterocycles. The lowest BCUT2D eigenvalue weighted by Crippen LogP contribution is -2.47. The van der Waals surface area contributed by atoms with Crippen LogP contribution in [0.5, 0.6) is 0 Å². The lowest BCUT2D eigenvalue weighted by molar-refractivity contribution is -0.133. The van der Waals surface area contributed by atoms with Crippen molar-refractivity contribution in [1.82, 2.24) is 9.80 Å². The normalized spacial score (nSPS) is 11.4. The SMILES string of the molecule is CCOC(=O)c1ccc(NC(=O)N(CC(=O)N(Cc2ccccc2)Cc2cccs2)C(C)CC)cc1. The number of amides is 3. The molecular weight excluding hydrogens is 474 g/mol. The Labute approximate surface area is 216 Å². The summed E-state index contributed by atoms with van der Waals surface area (Å²) >= 11 is 1.60. The second-order valence-corrected chi connectivity index (χ2v) is 9.46. The minimum Gasteiger partial charge on any atom is -0.462 e. The molecule has 0 saturated heterocycles. The van der Waals surface area contributed by atoms with E-state index in [1.165, 1.54) is 0 Å². The van der Waals surface area contributed by atoms with Crippen molar-refractivity contribution in [3.63, 3.8) is 0 Å². The van der Waals surface area contributed by atoms with E-state index in [0.29, 0.717) is 37.4 Å². The van der Waals surface area contributed by atoms with E-state index in [1.807, 2.05) is 61.7 Å². The van der Waals surface area contributed by atoms with Gasteiger partial charge < -0.3 is 19.9 Å². The fraction of sp³-hybridized carbons (Fsp3) is 0.321. The molecule has 8 heteroatoms. The topological polar surface area (TPSA) is 79.0 Å². The average molecular weight is 508 g/mol. The third-order valence-corrected chi connectivity index (χ3v) is 6.69. The van der Waals surface area contributed by atoms with E-state index < -0.39 is 5.97 Å². The van der Waals surface area contributed by atoms with Crippen LogP contribution in [0.2, 0.25) is 0 Å². The molecule has 1 aromatic heterocycles. The number of esters is 1. The van der Waals surface area contributed by atoms with E-state index in [0.717, 1.165) is 10.4 Å². The largest absolute Gasteiger partial charge is 0.462 e. The number of carbonyl (C=O) groups is 3. The quantitative estimate of drug-likeness (QED) is 0.333. The van der Waals surface area contributed by atoms with E-state index in [1.54, 1.807) is 52.3 Å². The van der Waals surface area contributed by atoms with E-state index in [2.05, 4.69) is 5.32 Å². The highest BCUT2D eigenvalue weighted by Gasteiger charge is 2.25. The number of carbonyl (C=O) groups excluding carboxylic acids is 3. The van der Waals surface area contributed by atoms with Gasteiger partial charge in [-0.05, 0) is 61.5 Å². The Hall–Kier alpha value is -3.65. The van der Waals surface area contributed by atoms with Crippen molar-refractivity contribution < 1.29 is 19.1 Å². The summed E-state index contributed by atoms with van der Waals surface area (Å²) in [6.45, 7) is 6.86. The molecule has 0 fully saturated rings. The Balaban J connectivity index is 1.73. The average Bonchev–Trinajstić information content (AvgIpc) is 3.40. The predicted molar refractivity (Wildman–Crippen MR) is 143 cm³/mol. The Morgan fingerprint density at radius 2 is 1.67 bits per heavy atom. The van der Waals surface area contributed by atoms with Crippen LogP contribution in [0.15, 0.2) is 72.1 Å². The summed E-state index contributed by atoms with van der Waals surface area (Å²) in [7, 11) is 0. The molecule has 0 aliphatic carbocycles. The molecule has 1 atom stereocenters. The van der Waals surface area contributed by atoms with Gasteiger partial charge in [-0.15, -0.1) is 11.3 Å². The summed E-state index contributed by atoms with van der Waals surface area (Å²) in [6.07, 6.45) is 0.701. The van der Waals surface area contributed by atoms with Crippen molar-refractivity contribution in [2.75, 3.05) is 18.5 Å². The summed E-state index contributed by atoms with van der Waals surface area (Å²) in [6, 6.07) is 19.8. The summed E-state index contributed by atoms with van der Waals surface area (Å²) in [4.78, 5) is 43.0. The van der Waals surface area contributed by atoms with Crippen LogP contribution in [0.4, 0.5) is 10.5 Å². The first-order valence-electron chi connectivity index (χ1n) is 12.1. The summed E-state index contributed by atoms with van der Waals surface area (Å²) in [5, 5.41) is 4.85. The van der Waals surface area contributed by atoms with Gasteiger partial charge in [0.15, 0.2) is 0 Å². The third kappa shape index (κ3) is 7.68. The molecule has 7 nitrogen and oxygen atoms in total. The molecule has 36 heavy (non-hydrogen) atoms. The van der Waals surface area contributed by atoms with Gasteiger partial charge in [-0.1, -0.05) is 43.3 Å². The second-order valence-electron chi connectivity index (χ2n) is 8.43. The van der Waals surface area contributed by atoms with Gasteiger partial charge in [-0.3, -0.25) is 4.79 Å². The van der Waals surface area contributed by atoms with Gasteiger partial charge >= 0.3 is 12.0 Å². The lowest BCUT2D eigenvalue weighted by atomic mass is 10.2. The first-order valence-corrected chi connectivity index (χ1v) is 13.0. The Morgan fingerprint density at radius 3 is 2.28 bits per heavy atom. The number of ether oxygens (including phenoxy) is 1. The van der Waals surface area contributed by atoms with Crippen molar-refractivity contribution in [3.05, 3.63) is 88.1 Å². The maximum Gasteiger partial charge on any atom is 0.338 e. The molecule has 2 aromatic carbocycles. The zero-order valence-electron chi connectivity index (χ0n) is 21.0. The highest BCUT2D eigenvalue weighted by atomic mass is 32.1. The molecule has 0 saturated carbocycles. The van der Waals surface area contributed by atoms with Crippen molar-refractivity contribution in [3.8, 4) is 0 Å².